The van der Waals surface area contributed by atoms with Crippen molar-refractivity contribution in [3.05, 3.63) is 46.5 Å². The molecule has 1 unspecified atom stereocenters. The number of halogens is 1. The van der Waals surface area contributed by atoms with Gasteiger partial charge in [-0.05, 0) is 43.2 Å². The maximum absolute atomic E-state index is 10.8. The van der Waals surface area contributed by atoms with Crippen LogP contribution in [-0.2, 0) is 11.2 Å². The summed E-state index contributed by atoms with van der Waals surface area (Å²) in [4.78, 5) is 10.8. The molecule has 0 bridgehead atoms. The van der Waals surface area contributed by atoms with Crippen LogP contribution < -0.4 is 0 Å². The van der Waals surface area contributed by atoms with Gasteiger partial charge >= 0.3 is 5.97 Å². The van der Waals surface area contributed by atoms with E-state index < -0.39 is 5.97 Å². The minimum Gasteiger partial charge on any atom is -0.478 e. The highest BCUT2D eigenvalue weighted by atomic mass is 35.5. The highest BCUT2D eigenvalue weighted by molar-refractivity contribution is 6.31. The van der Waals surface area contributed by atoms with Gasteiger partial charge in [0.25, 0.3) is 0 Å². The largest absolute Gasteiger partial charge is 0.478 e. The van der Waals surface area contributed by atoms with E-state index in [9.17, 15) is 4.79 Å². The van der Waals surface area contributed by atoms with E-state index in [0.717, 1.165) is 41.8 Å². The van der Waals surface area contributed by atoms with E-state index in [1.807, 2.05) is 24.3 Å². The molecule has 1 aromatic rings. The summed E-state index contributed by atoms with van der Waals surface area (Å²) in [5.74, 6) is -0.509. The van der Waals surface area contributed by atoms with Crippen LogP contribution in [0.4, 0.5) is 0 Å². The topological polar surface area (TPSA) is 37.3 Å². The van der Waals surface area contributed by atoms with Gasteiger partial charge in [-0.25, -0.2) is 4.79 Å². The quantitative estimate of drug-likeness (QED) is 0.835. The van der Waals surface area contributed by atoms with Gasteiger partial charge < -0.3 is 5.11 Å². The molecule has 0 aliphatic heterocycles. The molecule has 1 aliphatic rings. The number of carbonyl (C=O) groups is 1. The summed E-state index contributed by atoms with van der Waals surface area (Å²) in [6.45, 7) is 0. The Morgan fingerprint density at radius 3 is 2.89 bits per heavy atom. The third kappa shape index (κ3) is 3.36. The molecule has 18 heavy (non-hydrogen) atoms. The van der Waals surface area contributed by atoms with Gasteiger partial charge in [-0.15, -0.1) is 0 Å². The van der Waals surface area contributed by atoms with E-state index in [4.69, 9.17) is 16.7 Å². The number of rotatable bonds is 3. The van der Waals surface area contributed by atoms with Gasteiger partial charge in [0.15, 0.2) is 0 Å². The number of carboxylic acid groups (broad SMARTS) is 1. The van der Waals surface area contributed by atoms with Crippen molar-refractivity contribution in [1.29, 1.82) is 0 Å². The van der Waals surface area contributed by atoms with Crippen molar-refractivity contribution >= 4 is 17.6 Å². The fourth-order valence-corrected chi connectivity index (χ4v) is 2.83. The summed E-state index contributed by atoms with van der Waals surface area (Å²) >= 11 is 6.16. The first-order valence-corrected chi connectivity index (χ1v) is 6.71. The van der Waals surface area contributed by atoms with Gasteiger partial charge in [-0.1, -0.05) is 41.8 Å². The van der Waals surface area contributed by atoms with Crippen molar-refractivity contribution in [2.24, 2.45) is 5.92 Å². The summed E-state index contributed by atoms with van der Waals surface area (Å²) in [7, 11) is 0. The molecular formula is C15H17ClO2. The van der Waals surface area contributed by atoms with Crippen molar-refractivity contribution in [3.8, 4) is 0 Å². The standard InChI is InChI=1S/C15H17ClO2/c16-14-8-4-3-7-13(14)9-11-5-1-2-6-12(11)10-15(17)18/h3-4,7-8,10-11H,1-2,5-6,9H2,(H,17,18)/b12-10+. The fraction of sp³-hybridized carbons (Fsp3) is 0.400. The van der Waals surface area contributed by atoms with Gasteiger partial charge in [0.05, 0.1) is 0 Å². The Kier molecular flexibility index (Phi) is 4.43. The average Bonchev–Trinajstić information content (AvgIpc) is 2.34. The number of aliphatic carboxylic acids is 1. The zero-order valence-electron chi connectivity index (χ0n) is 10.2. The number of benzene rings is 1. The van der Waals surface area contributed by atoms with Crippen molar-refractivity contribution in [2.75, 3.05) is 0 Å². The second-order valence-corrected chi connectivity index (χ2v) is 5.20. The lowest BCUT2D eigenvalue weighted by atomic mass is 9.80. The van der Waals surface area contributed by atoms with Gasteiger partial charge in [0.2, 0.25) is 0 Å². The zero-order valence-corrected chi connectivity index (χ0v) is 11.0. The summed E-state index contributed by atoms with van der Waals surface area (Å²) in [5.41, 5.74) is 2.18. The van der Waals surface area contributed by atoms with Crippen LogP contribution in [0.1, 0.15) is 31.2 Å². The Morgan fingerprint density at radius 1 is 1.39 bits per heavy atom. The van der Waals surface area contributed by atoms with Crippen molar-refractivity contribution in [2.45, 2.75) is 32.1 Å². The lowest BCUT2D eigenvalue weighted by Gasteiger charge is -2.25. The molecule has 1 atom stereocenters. The lowest BCUT2D eigenvalue weighted by molar-refractivity contribution is -0.131. The predicted octanol–water partition coefficient (Wildman–Crippen LogP) is 4.08. The molecule has 1 N–H and O–H groups in total. The van der Waals surface area contributed by atoms with Gasteiger partial charge in [-0.2, -0.15) is 0 Å². The third-order valence-corrected chi connectivity index (χ3v) is 3.89. The van der Waals surface area contributed by atoms with Crippen LogP contribution in [0, 0.1) is 5.92 Å². The molecule has 0 radical (unpaired) electrons. The molecule has 1 aliphatic carbocycles. The molecule has 3 heteroatoms. The number of hydrogen-bond donors (Lipinski definition) is 1. The first-order valence-electron chi connectivity index (χ1n) is 6.33. The van der Waals surface area contributed by atoms with Crippen LogP contribution in [0.5, 0.6) is 0 Å². The summed E-state index contributed by atoms with van der Waals surface area (Å²) < 4.78 is 0. The Balaban J connectivity index is 2.15. The van der Waals surface area contributed by atoms with E-state index in [1.54, 1.807) is 0 Å². The molecule has 1 aromatic carbocycles. The van der Waals surface area contributed by atoms with E-state index >= 15 is 0 Å². The maximum atomic E-state index is 10.8. The minimum atomic E-state index is -0.837. The fourth-order valence-electron chi connectivity index (χ4n) is 2.62. The number of hydrogen-bond acceptors (Lipinski definition) is 1. The lowest BCUT2D eigenvalue weighted by Crippen LogP contribution is -2.14. The summed E-state index contributed by atoms with van der Waals surface area (Å²) in [6.07, 6.45) is 6.47. The maximum Gasteiger partial charge on any atom is 0.328 e. The van der Waals surface area contributed by atoms with Crippen LogP contribution in [0.25, 0.3) is 0 Å². The molecule has 2 rings (SSSR count). The van der Waals surface area contributed by atoms with Gasteiger partial charge in [0, 0.05) is 11.1 Å². The van der Waals surface area contributed by atoms with Crippen molar-refractivity contribution in [1.82, 2.24) is 0 Å². The molecule has 0 aromatic heterocycles. The van der Waals surface area contributed by atoms with Crippen molar-refractivity contribution in [3.63, 3.8) is 0 Å². The molecule has 0 spiro atoms. The Morgan fingerprint density at radius 2 is 2.17 bits per heavy atom. The summed E-state index contributed by atoms with van der Waals surface area (Å²) in [5, 5.41) is 9.68. The average molecular weight is 265 g/mol. The van der Waals surface area contributed by atoms with Crippen LogP contribution in [0.2, 0.25) is 5.02 Å². The predicted molar refractivity (Wildman–Crippen MR) is 72.8 cm³/mol. The highest BCUT2D eigenvalue weighted by Crippen LogP contribution is 2.33. The smallest absolute Gasteiger partial charge is 0.328 e. The van der Waals surface area contributed by atoms with E-state index in [-0.39, 0.29) is 0 Å². The monoisotopic (exact) mass is 264 g/mol. The third-order valence-electron chi connectivity index (χ3n) is 3.53. The van der Waals surface area contributed by atoms with Crippen LogP contribution in [0.15, 0.2) is 35.9 Å². The molecule has 0 amide bonds. The Hall–Kier alpha value is -1.28. The first-order chi connectivity index (χ1) is 8.66. The van der Waals surface area contributed by atoms with Gasteiger partial charge in [0.1, 0.15) is 0 Å². The van der Waals surface area contributed by atoms with Gasteiger partial charge in [-0.3, -0.25) is 0 Å². The second kappa shape index (κ2) is 6.05. The molecule has 0 saturated heterocycles. The second-order valence-electron chi connectivity index (χ2n) is 4.80. The normalized spacial score (nSPS) is 22.1. The zero-order chi connectivity index (χ0) is 13.0. The highest BCUT2D eigenvalue weighted by Gasteiger charge is 2.20. The first kappa shape index (κ1) is 13.2. The Bertz CT molecular complexity index is 465. The van der Waals surface area contributed by atoms with Crippen LogP contribution >= 0.6 is 11.6 Å². The number of carboxylic acids is 1. The molecular weight excluding hydrogens is 248 g/mol. The SMILES string of the molecule is O=C(O)/C=C1\CCCCC1Cc1ccccc1Cl. The molecule has 0 heterocycles. The molecule has 96 valence electrons. The van der Waals surface area contributed by atoms with Crippen LogP contribution in [-0.4, -0.2) is 11.1 Å². The van der Waals surface area contributed by atoms with E-state index in [1.165, 1.54) is 12.5 Å². The van der Waals surface area contributed by atoms with Crippen molar-refractivity contribution < 1.29 is 9.90 Å². The van der Waals surface area contributed by atoms with Crippen LogP contribution in [0.3, 0.4) is 0 Å². The van der Waals surface area contributed by atoms with E-state index in [0.29, 0.717) is 5.92 Å². The minimum absolute atomic E-state index is 0.328. The molecule has 1 saturated carbocycles. The summed E-state index contributed by atoms with van der Waals surface area (Å²) in [6, 6.07) is 7.81. The molecule has 2 nitrogen and oxygen atoms in total. The Labute approximate surface area is 112 Å². The molecule has 1 fully saturated rings. The number of allylic oxidation sites excluding steroid dienone is 1. The van der Waals surface area contributed by atoms with E-state index in [2.05, 4.69) is 0 Å².